The van der Waals surface area contributed by atoms with Gasteiger partial charge in [-0.2, -0.15) is 5.10 Å². The SMILES string of the molecule is CCN1CC2(CCN(Cc3cnn(-c4ccc(F)cc4)c3)CC2)CC1=O. The number of hydrogen-bond donors (Lipinski definition) is 0. The summed E-state index contributed by atoms with van der Waals surface area (Å²) >= 11 is 0. The fourth-order valence-corrected chi connectivity index (χ4v) is 4.23. The van der Waals surface area contributed by atoms with Crippen molar-refractivity contribution in [2.45, 2.75) is 32.7 Å². The van der Waals surface area contributed by atoms with Crippen LogP contribution in [0.2, 0.25) is 0 Å². The Balaban J connectivity index is 1.35. The summed E-state index contributed by atoms with van der Waals surface area (Å²) in [6, 6.07) is 6.35. The molecule has 2 aromatic rings. The number of aromatic nitrogens is 2. The molecule has 2 fully saturated rings. The molecular weight excluding hydrogens is 331 g/mol. The first-order valence-electron chi connectivity index (χ1n) is 9.37. The number of hydrogen-bond acceptors (Lipinski definition) is 3. The van der Waals surface area contributed by atoms with E-state index in [9.17, 15) is 9.18 Å². The highest BCUT2D eigenvalue weighted by molar-refractivity contribution is 5.79. The highest BCUT2D eigenvalue weighted by Gasteiger charge is 2.44. The van der Waals surface area contributed by atoms with Gasteiger partial charge in [0.2, 0.25) is 5.91 Å². The third kappa shape index (κ3) is 3.38. The van der Waals surface area contributed by atoms with Gasteiger partial charge in [-0.1, -0.05) is 0 Å². The molecule has 2 aliphatic heterocycles. The molecule has 0 radical (unpaired) electrons. The lowest BCUT2D eigenvalue weighted by molar-refractivity contribution is -0.127. The molecule has 1 aromatic heterocycles. The molecule has 0 N–H and O–H groups in total. The summed E-state index contributed by atoms with van der Waals surface area (Å²) in [5, 5.41) is 4.40. The van der Waals surface area contributed by atoms with Crippen molar-refractivity contribution in [1.82, 2.24) is 19.6 Å². The number of piperidine rings is 1. The number of halogens is 1. The lowest BCUT2D eigenvalue weighted by atomic mass is 9.77. The molecule has 0 atom stereocenters. The van der Waals surface area contributed by atoms with E-state index in [0.29, 0.717) is 5.91 Å². The second kappa shape index (κ2) is 6.83. The van der Waals surface area contributed by atoms with Crippen LogP contribution in [0.4, 0.5) is 4.39 Å². The number of carbonyl (C=O) groups is 1. The molecule has 0 bridgehead atoms. The number of likely N-dealkylation sites (tertiary alicyclic amines) is 2. The van der Waals surface area contributed by atoms with Crippen molar-refractivity contribution in [2.24, 2.45) is 5.41 Å². The molecule has 0 saturated carbocycles. The Kier molecular flexibility index (Phi) is 4.53. The monoisotopic (exact) mass is 356 g/mol. The zero-order valence-corrected chi connectivity index (χ0v) is 15.2. The van der Waals surface area contributed by atoms with Crippen LogP contribution in [0, 0.1) is 11.2 Å². The normalized spacial score (nSPS) is 20.2. The molecule has 1 aromatic carbocycles. The van der Waals surface area contributed by atoms with Gasteiger partial charge in [0.05, 0.1) is 11.9 Å². The molecule has 0 aliphatic carbocycles. The highest BCUT2D eigenvalue weighted by Crippen LogP contribution is 2.41. The van der Waals surface area contributed by atoms with Crippen molar-refractivity contribution in [1.29, 1.82) is 0 Å². The first-order chi connectivity index (χ1) is 12.6. The third-order valence-electron chi connectivity index (χ3n) is 5.84. The van der Waals surface area contributed by atoms with Gasteiger partial charge in [0.15, 0.2) is 0 Å². The van der Waals surface area contributed by atoms with Crippen LogP contribution < -0.4 is 0 Å². The van der Waals surface area contributed by atoms with Crippen molar-refractivity contribution in [3.8, 4) is 5.69 Å². The maximum Gasteiger partial charge on any atom is 0.223 e. The molecule has 2 saturated heterocycles. The maximum absolute atomic E-state index is 13.1. The average molecular weight is 356 g/mol. The lowest BCUT2D eigenvalue weighted by Gasteiger charge is -2.38. The predicted octanol–water partition coefficient (Wildman–Crippen LogP) is 2.85. The van der Waals surface area contributed by atoms with Crippen LogP contribution in [0.15, 0.2) is 36.7 Å². The van der Waals surface area contributed by atoms with E-state index < -0.39 is 0 Å². The summed E-state index contributed by atoms with van der Waals surface area (Å²) < 4.78 is 14.8. The Morgan fingerprint density at radius 1 is 1.19 bits per heavy atom. The molecule has 3 heterocycles. The van der Waals surface area contributed by atoms with Crippen LogP contribution in [-0.2, 0) is 11.3 Å². The number of benzene rings is 1. The van der Waals surface area contributed by atoms with E-state index >= 15 is 0 Å². The van der Waals surface area contributed by atoms with Gasteiger partial charge in [-0.15, -0.1) is 0 Å². The molecule has 0 unspecified atom stereocenters. The van der Waals surface area contributed by atoms with Crippen LogP contribution in [0.1, 0.15) is 31.7 Å². The first-order valence-corrected chi connectivity index (χ1v) is 9.37. The maximum atomic E-state index is 13.1. The van der Waals surface area contributed by atoms with Crippen molar-refractivity contribution >= 4 is 5.91 Å². The number of nitrogens with zero attached hydrogens (tertiary/aromatic N) is 4. The van der Waals surface area contributed by atoms with Gasteiger partial charge in [0.1, 0.15) is 5.82 Å². The fourth-order valence-electron chi connectivity index (χ4n) is 4.23. The number of rotatable bonds is 4. The zero-order valence-electron chi connectivity index (χ0n) is 15.2. The van der Waals surface area contributed by atoms with Crippen LogP contribution in [-0.4, -0.2) is 51.7 Å². The summed E-state index contributed by atoms with van der Waals surface area (Å²) in [6.45, 7) is 6.72. The van der Waals surface area contributed by atoms with E-state index in [-0.39, 0.29) is 11.2 Å². The Morgan fingerprint density at radius 2 is 1.92 bits per heavy atom. The molecule has 4 rings (SSSR count). The number of amides is 1. The molecule has 138 valence electrons. The first kappa shape index (κ1) is 17.2. The Bertz CT molecular complexity index is 777. The van der Waals surface area contributed by atoms with Crippen molar-refractivity contribution in [2.75, 3.05) is 26.2 Å². The van der Waals surface area contributed by atoms with Crippen molar-refractivity contribution < 1.29 is 9.18 Å². The lowest BCUT2D eigenvalue weighted by Crippen LogP contribution is -2.41. The summed E-state index contributed by atoms with van der Waals surface area (Å²) in [5.41, 5.74) is 2.21. The zero-order chi connectivity index (χ0) is 18.1. The smallest absolute Gasteiger partial charge is 0.223 e. The van der Waals surface area contributed by atoms with E-state index in [2.05, 4.69) is 16.9 Å². The Morgan fingerprint density at radius 3 is 2.58 bits per heavy atom. The summed E-state index contributed by atoms with van der Waals surface area (Å²) in [5.74, 6) is 0.0805. The van der Waals surface area contributed by atoms with Crippen LogP contribution in [0.25, 0.3) is 5.69 Å². The van der Waals surface area contributed by atoms with E-state index in [1.54, 1.807) is 16.8 Å². The summed E-state index contributed by atoms with van der Waals surface area (Å²) in [6.07, 6.45) is 6.78. The van der Waals surface area contributed by atoms with E-state index in [0.717, 1.165) is 63.2 Å². The minimum absolute atomic E-state index is 0.196. The standard InChI is InChI=1S/C20H25FN4O/c1-2-24-15-20(11-19(24)26)7-9-23(10-8-20)13-16-12-22-25(14-16)18-5-3-17(21)4-6-18/h3-6,12,14H,2,7-11,13,15H2,1H3. The van der Waals surface area contributed by atoms with Crippen molar-refractivity contribution in [3.05, 3.63) is 48.0 Å². The predicted molar refractivity (Wildman–Crippen MR) is 97.3 cm³/mol. The van der Waals surface area contributed by atoms with E-state index in [4.69, 9.17) is 0 Å². The largest absolute Gasteiger partial charge is 0.342 e. The highest BCUT2D eigenvalue weighted by atomic mass is 19.1. The van der Waals surface area contributed by atoms with Gasteiger partial charge in [-0.05, 0) is 62.5 Å². The van der Waals surface area contributed by atoms with Gasteiger partial charge in [-0.3, -0.25) is 9.69 Å². The summed E-state index contributed by atoms with van der Waals surface area (Å²) in [7, 11) is 0. The Hall–Kier alpha value is -2.21. The Labute approximate surface area is 153 Å². The van der Waals surface area contributed by atoms with Gasteiger partial charge in [0.25, 0.3) is 0 Å². The molecule has 1 amide bonds. The molecular formula is C20H25FN4O. The molecule has 2 aliphatic rings. The molecule has 6 heteroatoms. The van der Waals surface area contributed by atoms with Crippen molar-refractivity contribution in [3.63, 3.8) is 0 Å². The van der Waals surface area contributed by atoms with Crippen LogP contribution >= 0.6 is 0 Å². The van der Waals surface area contributed by atoms with Crippen LogP contribution in [0.3, 0.4) is 0 Å². The summed E-state index contributed by atoms with van der Waals surface area (Å²) in [4.78, 5) is 16.5. The minimum atomic E-state index is -0.240. The van der Waals surface area contributed by atoms with Gasteiger partial charge >= 0.3 is 0 Å². The third-order valence-corrected chi connectivity index (χ3v) is 5.84. The second-order valence-electron chi connectivity index (χ2n) is 7.63. The van der Waals surface area contributed by atoms with Crippen LogP contribution in [0.5, 0.6) is 0 Å². The van der Waals surface area contributed by atoms with E-state index in [1.165, 1.54) is 12.1 Å². The van der Waals surface area contributed by atoms with E-state index in [1.807, 2.05) is 17.3 Å². The fraction of sp³-hybridized carbons (Fsp3) is 0.500. The quantitative estimate of drug-likeness (QED) is 0.846. The average Bonchev–Trinajstić information content (AvgIpc) is 3.22. The van der Waals surface area contributed by atoms with Gasteiger partial charge in [-0.25, -0.2) is 9.07 Å². The second-order valence-corrected chi connectivity index (χ2v) is 7.63. The topological polar surface area (TPSA) is 41.4 Å². The molecule has 26 heavy (non-hydrogen) atoms. The van der Waals surface area contributed by atoms with Gasteiger partial charge in [0, 0.05) is 37.8 Å². The minimum Gasteiger partial charge on any atom is -0.342 e. The molecule has 1 spiro atoms. The number of carbonyl (C=O) groups excluding carboxylic acids is 1. The molecule has 5 nitrogen and oxygen atoms in total. The van der Waals surface area contributed by atoms with Gasteiger partial charge < -0.3 is 4.90 Å².